The van der Waals surface area contributed by atoms with E-state index in [2.05, 4.69) is 5.97 Å². The summed E-state index contributed by atoms with van der Waals surface area (Å²) in [6, 6.07) is 9.47. The van der Waals surface area contributed by atoms with Crippen molar-refractivity contribution >= 4 is 12.7 Å². The van der Waals surface area contributed by atoms with Crippen molar-refractivity contribution in [2.24, 2.45) is 0 Å². The summed E-state index contributed by atoms with van der Waals surface area (Å²) in [7, 11) is 2.87. The summed E-state index contributed by atoms with van der Waals surface area (Å²) in [5, 5.41) is 9.51. The Labute approximate surface area is 157 Å². The summed E-state index contributed by atoms with van der Waals surface area (Å²) < 4.78 is 29.5. The summed E-state index contributed by atoms with van der Waals surface area (Å²) >= 11 is 0. The number of hydrogen-bond acceptors (Lipinski definition) is 5. The molecule has 0 spiro atoms. The summed E-state index contributed by atoms with van der Waals surface area (Å²) in [5.41, 5.74) is 1.88. The average molecular weight is 367 g/mol. The highest BCUT2D eigenvalue weighted by molar-refractivity contribution is 6.69. The Morgan fingerprint density at radius 2 is 2.11 bits per heavy atom. The van der Waals surface area contributed by atoms with Crippen LogP contribution in [-0.4, -0.2) is 26.9 Å². The summed E-state index contributed by atoms with van der Waals surface area (Å²) in [6.45, 7) is -0.285. The first-order valence-corrected chi connectivity index (χ1v) is 8.66. The Hall–Kier alpha value is -3.01. The second-order valence-electron chi connectivity index (χ2n) is 6.42. The number of rotatable bonds is 5. The molecule has 0 saturated carbocycles. The minimum absolute atomic E-state index is 0.119. The number of ether oxygens (including phenoxy) is 3. The van der Waals surface area contributed by atoms with E-state index in [9.17, 15) is 14.4 Å². The lowest BCUT2D eigenvalue weighted by molar-refractivity contribution is -0.140. The highest BCUT2D eigenvalue weighted by atomic mass is 19.1. The van der Waals surface area contributed by atoms with Gasteiger partial charge in [-0.2, -0.15) is 0 Å². The van der Waals surface area contributed by atoms with Crippen LogP contribution in [0.5, 0.6) is 17.2 Å². The Morgan fingerprint density at radius 3 is 2.78 bits per heavy atom. The number of methoxy groups -OCH3 is 2. The number of nitriles is 1. The van der Waals surface area contributed by atoms with Crippen LogP contribution in [0.2, 0.25) is 6.32 Å². The van der Waals surface area contributed by atoms with Gasteiger partial charge in [0, 0.05) is 18.5 Å². The first-order chi connectivity index (χ1) is 13.0. The molecule has 1 unspecified atom stereocenters. The summed E-state index contributed by atoms with van der Waals surface area (Å²) in [6.07, 6.45) is 1.49. The molecular weight excluding hydrogens is 348 g/mol. The van der Waals surface area contributed by atoms with Gasteiger partial charge < -0.3 is 14.2 Å². The van der Waals surface area contributed by atoms with Crippen LogP contribution in [0.1, 0.15) is 23.4 Å². The van der Waals surface area contributed by atoms with Crippen molar-refractivity contribution in [1.82, 2.24) is 0 Å². The first kappa shape index (κ1) is 18.8. The Balaban J connectivity index is 2.02. The van der Waals surface area contributed by atoms with Crippen LogP contribution in [0.25, 0.3) is 0 Å². The van der Waals surface area contributed by atoms with Crippen LogP contribution in [0, 0.1) is 17.0 Å². The fraction of sp³-hybridized carbons (Fsp3) is 0.300. The lowest BCUT2D eigenvalue weighted by Gasteiger charge is -2.28. The number of carbonyl (C=O) groups excluding carboxylic acids is 1. The van der Waals surface area contributed by atoms with Gasteiger partial charge >= 0.3 is 5.97 Å². The molecule has 0 aliphatic carbocycles. The smallest absolute Gasteiger partial charge is 0.305 e. The Morgan fingerprint density at radius 1 is 1.30 bits per heavy atom. The molecule has 0 bridgehead atoms. The van der Waals surface area contributed by atoms with E-state index in [0.29, 0.717) is 30.0 Å². The number of carbonyl (C=O) groups is 1. The largest absolute Gasteiger partial charge is 0.493 e. The second-order valence-corrected chi connectivity index (χ2v) is 6.42. The van der Waals surface area contributed by atoms with E-state index in [1.54, 1.807) is 18.2 Å². The molecule has 0 fully saturated rings. The zero-order chi connectivity index (χ0) is 19.4. The van der Waals surface area contributed by atoms with E-state index >= 15 is 0 Å². The number of nitrogens with zero attached hydrogens (tertiary/aromatic N) is 1. The van der Waals surface area contributed by atoms with Crippen molar-refractivity contribution in [3.8, 4) is 23.2 Å². The minimum Gasteiger partial charge on any atom is -0.493 e. The molecule has 1 atom stereocenters. The van der Waals surface area contributed by atoms with E-state index < -0.39 is 5.82 Å². The van der Waals surface area contributed by atoms with E-state index in [4.69, 9.17) is 14.2 Å². The van der Waals surface area contributed by atoms with Gasteiger partial charge in [-0.25, -0.2) is 9.65 Å². The van der Waals surface area contributed by atoms with Gasteiger partial charge in [-0.3, -0.25) is 4.79 Å². The van der Waals surface area contributed by atoms with Crippen molar-refractivity contribution in [1.29, 1.82) is 5.26 Å². The molecule has 0 aromatic heterocycles. The maximum absolute atomic E-state index is 13.5. The predicted molar refractivity (Wildman–Crippen MR) is 98.7 cm³/mol. The van der Waals surface area contributed by atoms with Gasteiger partial charge in [0.1, 0.15) is 11.6 Å². The van der Waals surface area contributed by atoms with Gasteiger partial charge in [0.25, 0.3) is 6.71 Å². The highest BCUT2D eigenvalue weighted by Gasteiger charge is 2.36. The van der Waals surface area contributed by atoms with Crippen LogP contribution in [0.4, 0.5) is 4.39 Å². The molecule has 1 aliphatic rings. The Kier molecular flexibility index (Phi) is 5.65. The molecule has 3 rings (SSSR count). The standard InChI is InChI=1S/C20H19BFNO4/c1-25-18-8-13-6-7-21(12-23)17(11-20(24)26-2)16(13)10-19(18)27-15-5-3-4-14(22)9-15/h3-5,8-10,17H,6-7,11H2,1-2H3. The normalized spacial score (nSPS) is 15.5. The van der Waals surface area contributed by atoms with Gasteiger partial charge in [0.2, 0.25) is 0 Å². The average Bonchev–Trinajstić information content (AvgIpc) is 2.67. The third kappa shape index (κ3) is 4.06. The van der Waals surface area contributed by atoms with Crippen LogP contribution in [0.15, 0.2) is 36.4 Å². The zero-order valence-electron chi connectivity index (χ0n) is 15.2. The molecule has 7 heteroatoms. The van der Waals surface area contributed by atoms with Crippen molar-refractivity contribution < 1.29 is 23.4 Å². The fourth-order valence-electron chi connectivity index (χ4n) is 3.47. The van der Waals surface area contributed by atoms with Crippen molar-refractivity contribution in [3.63, 3.8) is 0 Å². The van der Waals surface area contributed by atoms with E-state index in [1.165, 1.54) is 26.4 Å². The molecule has 0 amide bonds. The zero-order valence-corrected chi connectivity index (χ0v) is 15.2. The van der Waals surface area contributed by atoms with Crippen LogP contribution in [0.3, 0.4) is 0 Å². The molecule has 5 nitrogen and oxygen atoms in total. The van der Waals surface area contributed by atoms with Crippen molar-refractivity contribution in [3.05, 3.63) is 53.3 Å². The number of fused-ring (bicyclic) bond motifs is 1. The van der Waals surface area contributed by atoms with Gasteiger partial charge in [-0.1, -0.05) is 12.4 Å². The van der Waals surface area contributed by atoms with Gasteiger partial charge in [-0.05, 0) is 47.6 Å². The minimum atomic E-state index is -0.405. The van der Waals surface area contributed by atoms with Crippen molar-refractivity contribution in [2.75, 3.05) is 14.2 Å². The monoisotopic (exact) mass is 367 g/mol. The topological polar surface area (TPSA) is 68.6 Å². The van der Waals surface area contributed by atoms with E-state index in [0.717, 1.165) is 11.1 Å². The maximum Gasteiger partial charge on any atom is 0.305 e. The molecule has 0 saturated heterocycles. The number of benzene rings is 2. The molecule has 138 valence electrons. The van der Waals surface area contributed by atoms with E-state index in [1.807, 2.05) is 6.07 Å². The number of hydrogen-bond donors (Lipinski definition) is 0. The molecule has 2 aromatic carbocycles. The summed E-state index contributed by atoms with van der Waals surface area (Å²) in [5.74, 6) is 2.51. The first-order valence-electron chi connectivity index (χ1n) is 8.66. The summed E-state index contributed by atoms with van der Waals surface area (Å²) in [4.78, 5) is 11.9. The van der Waals surface area contributed by atoms with Crippen LogP contribution < -0.4 is 9.47 Å². The lowest BCUT2D eigenvalue weighted by Crippen LogP contribution is -2.30. The molecule has 2 aromatic rings. The molecule has 27 heavy (non-hydrogen) atoms. The third-order valence-electron chi connectivity index (χ3n) is 4.84. The van der Waals surface area contributed by atoms with Gasteiger partial charge in [0.05, 0.1) is 14.2 Å². The lowest BCUT2D eigenvalue weighted by atomic mass is 9.35. The molecule has 0 radical (unpaired) electrons. The van der Waals surface area contributed by atoms with E-state index in [-0.39, 0.29) is 24.9 Å². The molecule has 1 heterocycles. The third-order valence-corrected chi connectivity index (χ3v) is 4.84. The SMILES string of the molecule is COC(=O)CC1B(C#N)CCc2cc(OC)c(Oc3cccc(F)c3)cc21. The highest BCUT2D eigenvalue weighted by Crippen LogP contribution is 2.42. The van der Waals surface area contributed by atoms with Crippen LogP contribution in [-0.2, 0) is 16.0 Å². The molecule has 0 N–H and O–H groups in total. The van der Waals surface area contributed by atoms with Crippen LogP contribution >= 0.6 is 0 Å². The number of esters is 1. The van der Waals surface area contributed by atoms with Gasteiger partial charge in [-0.15, -0.1) is 0 Å². The number of halogens is 1. The fourth-order valence-corrected chi connectivity index (χ4v) is 3.47. The molecule has 1 aliphatic heterocycles. The number of aryl methyl sites for hydroxylation is 1. The second kappa shape index (κ2) is 8.13. The quantitative estimate of drug-likeness (QED) is 0.592. The maximum atomic E-state index is 13.5. The Bertz CT molecular complexity index is 896. The molecular formula is C20H19BFNO4. The van der Waals surface area contributed by atoms with Crippen molar-refractivity contribution in [2.45, 2.75) is 25.0 Å². The predicted octanol–water partition coefficient (Wildman–Crippen LogP) is 3.93. The van der Waals surface area contributed by atoms with Gasteiger partial charge in [0.15, 0.2) is 11.5 Å².